The number of fused-ring (bicyclic) bond motifs is 3. The van der Waals surface area contributed by atoms with E-state index in [0.717, 1.165) is 0 Å². The van der Waals surface area contributed by atoms with Gasteiger partial charge in [0.2, 0.25) is 0 Å². The number of nitrogens with zero attached hydrogens (tertiary/aromatic N) is 2. The van der Waals surface area contributed by atoms with Gasteiger partial charge in [0.05, 0.1) is 16.9 Å². The molecule has 0 radical (unpaired) electrons. The molecule has 0 saturated carbocycles. The summed E-state index contributed by atoms with van der Waals surface area (Å²) in [5.74, 6) is -1.78. The Balaban J connectivity index is 1.76. The molecule has 4 rings (SSSR count). The van der Waals surface area contributed by atoms with Gasteiger partial charge < -0.3 is 5.32 Å². The van der Waals surface area contributed by atoms with Crippen LogP contribution in [-0.4, -0.2) is 29.5 Å². The first-order valence-corrected chi connectivity index (χ1v) is 8.20. The number of benzene rings is 2. The number of hydrazone groups is 1. The summed E-state index contributed by atoms with van der Waals surface area (Å²) in [4.78, 5) is 39.1. The van der Waals surface area contributed by atoms with Gasteiger partial charge in [0.25, 0.3) is 11.8 Å². The van der Waals surface area contributed by atoms with E-state index in [-0.39, 0.29) is 17.4 Å². The molecule has 1 saturated heterocycles. The van der Waals surface area contributed by atoms with Crippen LogP contribution in [0.4, 0.5) is 11.4 Å². The molecule has 2 aromatic rings. The molecule has 2 heterocycles. The number of hydrogen-bond donors (Lipinski definition) is 2. The lowest BCUT2D eigenvalue weighted by molar-refractivity contribution is -0.119. The van der Waals surface area contributed by atoms with Gasteiger partial charge in [0.15, 0.2) is 0 Å². The van der Waals surface area contributed by atoms with Crippen molar-refractivity contribution in [1.82, 2.24) is 5.32 Å². The molecule has 7 nitrogen and oxygen atoms in total. The lowest BCUT2D eigenvalue weighted by atomic mass is 9.97. The third kappa shape index (κ3) is 2.45. The minimum atomic E-state index is -0.837. The third-order valence-electron chi connectivity index (χ3n) is 4.53. The average molecular weight is 348 g/mol. The Morgan fingerprint density at radius 1 is 1.08 bits per heavy atom. The minimum Gasteiger partial charge on any atom is -0.330 e. The maximum Gasteiger partial charge on any atom is 0.277 e. The van der Waals surface area contributed by atoms with Gasteiger partial charge in [0.1, 0.15) is 23.6 Å². The molecule has 0 bridgehead atoms. The Kier molecular flexibility index (Phi) is 3.76. The number of carbonyl (C=O) groups is 3. The van der Waals surface area contributed by atoms with Crippen LogP contribution in [-0.2, 0) is 9.59 Å². The molecule has 7 heteroatoms. The highest BCUT2D eigenvalue weighted by molar-refractivity contribution is 6.51. The predicted molar refractivity (Wildman–Crippen MR) is 96.9 cm³/mol. The second-order valence-corrected chi connectivity index (χ2v) is 6.17. The number of Topliss-reactive ketones (excluding diaryl/α,β-unsaturated/α-hetero) is 1. The Bertz CT molecular complexity index is 939. The standard InChI is InChI=1S/C19H16N4O3/c1-11(24)15-16(22-21-12-7-3-2-4-8-12)19(26)23-14-10-6-5-9-13(14)18(25)20-17(15)23/h2-10,15,17,21H,1H3,(H,20,25)/b22-16+. The fraction of sp³-hybridized carbons (Fsp3) is 0.158. The van der Waals surface area contributed by atoms with Gasteiger partial charge >= 0.3 is 0 Å². The molecule has 2 amide bonds. The van der Waals surface area contributed by atoms with Crippen LogP contribution >= 0.6 is 0 Å². The third-order valence-corrected chi connectivity index (χ3v) is 4.53. The molecule has 0 aromatic heterocycles. The molecule has 0 spiro atoms. The summed E-state index contributed by atoms with van der Waals surface area (Å²) in [6.45, 7) is 1.39. The summed E-state index contributed by atoms with van der Waals surface area (Å²) in [6.07, 6.45) is -0.765. The zero-order valence-electron chi connectivity index (χ0n) is 14.0. The van der Waals surface area contributed by atoms with Crippen LogP contribution in [0.1, 0.15) is 17.3 Å². The van der Waals surface area contributed by atoms with Crippen LogP contribution in [0.25, 0.3) is 0 Å². The van der Waals surface area contributed by atoms with Crippen molar-refractivity contribution in [2.24, 2.45) is 11.0 Å². The van der Waals surface area contributed by atoms with Gasteiger partial charge in [-0.1, -0.05) is 30.3 Å². The lowest BCUT2D eigenvalue weighted by Crippen LogP contribution is -2.54. The summed E-state index contributed by atoms with van der Waals surface area (Å²) in [5, 5.41) is 6.96. The fourth-order valence-corrected chi connectivity index (χ4v) is 3.35. The first-order chi connectivity index (χ1) is 12.6. The summed E-state index contributed by atoms with van der Waals surface area (Å²) in [6, 6.07) is 16.0. The topological polar surface area (TPSA) is 90.9 Å². The van der Waals surface area contributed by atoms with Gasteiger partial charge in [-0.05, 0) is 31.2 Å². The van der Waals surface area contributed by atoms with Crippen LogP contribution < -0.4 is 15.6 Å². The molecule has 2 atom stereocenters. The molecule has 0 aliphatic carbocycles. The molecular formula is C19H16N4O3. The number of hydrogen-bond acceptors (Lipinski definition) is 5. The maximum atomic E-state index is 13.0. The summed E-state index contributed by atoms with van der Waals surface area (Å²) >= 11 is 0. The van der Waals surface area contributed by atoms with Crippen LogP contribution in [0, 0.1) is 5.92 Å². The number of carbonyl (C=O) groups excluding carboxylic acids is 3. The van der Waals surface area contributed by atoms with Crippen LogP contribution in [0.5, 0.6) is 0 Å². The van der Waals surface area contributed by atoms with Crippen molar-refractivity contribution in [2.75, 3.05) is 10.3 Å². The van der Waals surface area contributed by atoms with Gasteiger partial charge in [-0.15, -0.1) is 0 Å². The van der Waals surface area contributed by atoms with Crippen LogP contribution in [0.3, 0.4) is 0 Å². The van der Waals surface area contributed by atoms with Crippen molar-refractivity contribution in [3.05, 3.63) is 60.2 Å². The van der Waals surface area contributed by atoms with E-state index < -0.39 is 18.0 Å². The zero-order chi connectivity index (χ0) is 18.3. The van der Waals surface area contributed by atoms with Gasteiger partial charge in [-0.2, -0.15) is 5.10 Å². The first kappa shape index (κ1) is 16.0. The van der Waals surface area contributed by atoms with Crippen molar-refractivity contribution in [3.8, 4) is 0 Å². The highest BCUT2D eigenvalue weighted by atomic mass is 16.2. The summed E-state index contributed by atoms with van der Waals surface area (Å²) < 4.78 is 0. The molecule has 1 fully saturated rings. The molecule has 2 unspecified atom stereocenters. The minimum absolute atomic E-state index is 0.0864. The van der Waals surface area contributed by atoms with E-state index in [9.17, 15) is 14.4 Å². The van der Waals surface area contributed by atoms with Gasteiger partial charge in [0, 0.05) is 0 Å². The zero-order valence-corrected chi connectivity index (χ0v) is 14.0. The Hall–Kier alpha value is -3.48. The van der Waals surface area contributed by atoms with E-state index in [1.165, 1.54) is 11.8 Å². The molecule has 26 heavy (non-hydrogen) atoms. The number of rotatable bonds is 3. The quantitative estimate of drug-likeness (QED) is 0.827. The molecule has 2 aliphatic rings. The number of anilines is 2. The molecule has 2 aliphatic heterocycles. The van der Waals surface area contributed by atoms with E-state index >= 15 is 0 Å². The van der Waals surface area contributed by atoms with E-state index in [0.29, 0.717) is 16.9 Å². The van der Waals surface area contributed by atoms with Crippen molar-refractivity contribution in [2.45, 2.75) is 13.1 Å². The summed E-state index contributed by atoms with van der Waals surface area (Å²) in [5.41, 5.74) is 4.50. The molecule has 2 N–H and O–H groups in total. The average Bonchev–Trinajstić information content (AvgIpc) is 2.93. The Morgan fingerprint density at radius 3 is 2.50 bits per heavy atom. The number of amides is 2. The van der Waals surface area contributed by atoms with Crippen LogP contribution in [0.15, 0.2) is 59.7 Å². The number of para-hydroxylation sites is 2. The second-order valence-electron chi connectivity index (χ2n) is 6.17. The van der Waals surface area contributed by atoms with E-state index in [1.54, 1.807) is 36.4 Å². The maximum absolute atomic E-state index is 13.0. The van der Waals surface area contributed by atoms with Crippen molar-refractivity contribution in [1.29, 1.82) is 0 Å². The van der Waals surface area contributed by atoms with Crippen LogP contribution in [0.2, 0.25) is 0 Å². The number of ketones is 1. The summed E-state index contributed by atoms with van der Waals surface area (Å²) in [7, 11) is 0. The van der Waals surface area contributed by atoms with E-state index in [1.807, 2.05) is 18.2 Å². The number of nitrogens with one attached hydrogen (secondary N) is 2. The Labute approximate surface area is 149 Å². The van der Waals surface area contributed by atoms with E-state index in [4.69, 9.17) is 0 Å². The van der Waals surface area contributed by atoms with Crippen molar-refractivity contribution < 1.29 is 14.4 Å². The van der Waals surface area contributed by atoms with Crippen molar-refractivity contribution in [3.63, 3.8) is 0 Å². The monoisotopic (exact) mass is 348 g/mol. The Morgan fingerprint density at radius 2 is 1.77 bits per heavy atom. The second kappa shape index (κ2) is 6.11. The van der Waals surface area contributed by atoms with Gasteiger partial charge in [-0.25, -0.2) is 0 Å². The molecule has 2 aromatic carbocycles. The molecule has 130 valence electrons. The first-order valence-electron chi connectivity index (χ1n) is 8.20. The SMILES string of the molecule is CC(=O)C1/C(=N\Nc2ccccc2)C(=O)N2c3ccccc3C(=O)NC12. The largest absolute Gasteiger partial charge is 0.330 e. The smallest absolute Gasteiger partial charge is 0.277 e. The lowest BCUT2D eigenvalue weighted by Gasteiger charge is -2.33. The van der Waals surface area contributed by atoms with Gasteiger partial charge in [-0.3, -0.25) is 24.7 Å². The predicted octanol–water partition coefficient (Wildman–Crippen LogP) is 1.78. The molecular weight excluding hydrogens is 332 g/mol. The highest BCUT2D eigenvalue weighted by Gasteiger charge is 2.52. The fourth-order valence-electron chi connectivity index (χ4n) is 3.35. The normalized spacial score (nSPS) is 22.7. The highest BCUT2D eigenvalue weighted by Crippen LogP contribution is 2.34. The van der Waals surface area contributed by atoms with Crippen molar-refractivity contribution >= 4 is 34.7 Å². The van der Waals surface area contributed by atoms with E-state index in [2.05, 4.69) is 15.8 Å².